The molecule has 2 heterocycles. The van der Waals surface area contributed by atoms with Crippen LogP contribution < -0.4 is 0 Å². The van der Waals surface area contributed by atoms with Gasteiger partial charge in [-0.05, 0) is 18.4 Å². The maximum atomic E-state index is 13.0. The van der Waals surface area contributed by atoms with Gasteiger partial charge in [0.15, 0.2) is 5.83 Å². The molecule has 124 valence electrons. The zero-order valence-electron chi connectivity index (χ0n) is 12.9. The number of rotatable bonds is 5. The number of morpholine rings is 1. The van der Waals surface area contributed by atoms with Crippen molar-refractivity contribution in [3.05, 3.63) is 59.5 Å². The molecule has 2 aliphatic rings. The van der Waals surface area contributed by atoms with Crippen LogP contribution in [-0.4, -0.2) is 30.2 Å². The topological polar surface area (TPSA) is 12.5 Å². The highest BCUT2D eigenvalue weighted by Crippen LogP contribution is 2.31. The molecule has 0 spiro atoms. The second-order valence-corrected chi connectivity index (χ2v) is 6.11. The highest BCUT2D eigenvalue weighted by Gasteiger charge is 2.34. The van der Waals surface area contributed by atoms with Gasteiger partial charge in [0, 0.05) is 19.0 Å². The molecule has 0 aromatic heterocycles. The maximum absolute atomic E-state index is 13.0. The minimum atomic E-state index is -2.20. The average Bonchev–Trinajstić information content (AvgIpc) is 2.53. The zero-order chi connectivity index (χ0) is 16.2. The van der Waals surface area contributed by atoms with Crippen molar-refractivity contribution in [3.63, 3.8) is 0 Å². The monoisotopic (exact) mass is 323 g/mol. The first-order valence-electron chi connectivity index (χ1n) is 7.90. The summed E-state index contributed by atoms with van der Waals surface area (Å²) in [5.74, 6) is -1.29. The van der Waals surface area contributed by atoms with E-state index in [4.69, 9.17) is 4.74 Å². The van der Waals surface area contributed by atoms with E-state index < -0.39 is 11.9 Å². The van der Waals surface area contributed by atoms with Gasteiger partial charge in [-0.15, -0.1) is 0 Å². The Hall–Kier alpha value is -1.59. The van der Waals surface area contributed by atoms with Crippen LogP contribution in [0.3, 0.4) is 0 Å². The summed E-state index contributed by atoms with van der Waals surface area (Å²) in [6.07, 6.45) is 0.769. The average molecular weight is 323 g/mol. The number of halogens is 3. The van der Waals surface area contributed by atoms with Crippen LogP contribution in [0.5, 0.6) is 0 Å². The van der Waals surface area contributed by atoms with E-state index in [1.165, 1.54) is 5.56 Å². The predicted octanol–water partition coefficient (Wildman–Crippen LogP) is 4.44. The molecule has 1 aromatic carbocycles. The molecule has 1 fully saturated rings. The van der Waals surface area contributed by atoms with E-state index in [-0.39, 0.29) is 18.5 Å². The lowest BCUT2D eigenvalue weighted by Gasteiger charge is -2.44. The summed E-state index contributed by atoms with van der Waals surface area (Å²) in [7, 11) is 0. The molecule has 0 aliphatic carbocycles. The lowest BCUT2D eigenvalue weighted by atomic mass is 9.91. The van der Waals surface area contributed by atoms with Gasteiger partial charge in [-0.25, -0.2) is 4.39 Å². The van der Waals surface area contributed by atoms with Gasteiger partial charge in [0.2, 0.25) is 0 Å². The second kappa shape index (κ2) is 7.32. The van der Waals surface area contributed by atoms with Gasteiger partial charge < -0.3 is 4.74 Å². The highest BCUT2D eigenvalue weighted by atomic mass is 19.3. The standard InChI is InChI=1S/C18H20F3NO/c19-17(18(20)21)7-6-14-8-15-11-23-12-16(9-14)22(15)10-13-4-2-1-3-5-13/h1-5,8,15-16H,6-7,9-12H2. The van der Waals surface area contributed by atoms with Crippen molar-refractivity contribution in [3.8, 4) is 0 Å². The van der Waals surface area contributed by atoms with Crippen molar-refractivity contribution in [2.24, 2.45) is 0 Å². The summed E-state index contributed by atoms with van der Waals surface area (Å²) < 4.78 is 43.0. The normalized spacial score (nSPS) is 24.2. The number of allylic oxidation sites excluding steroid dienone is 1. The van der Waals surface area contributed by atoms with Gasteiger partial charge in [-0.2, -0.15) is 8.78 Å². The summed E-state index contributed by atoms with van der Waals surface area (Å²) in [4.78, 5) is 2.39. The minimum absolute atomic E-state index is 0.139. The Morgan fingerprint density at radius 3 is 2.61 bits per heavy atom. The SMILES string of the molecule is FC(F)=C(F)CCC1=CC2COCC(C1)N2Cc1ccccc1. The second-order valence-electron chi connectivity index (χ2n) is 6.11. The molecule has 5 heteroatoms. The third-order valence-electron chi connectivity index (χ3n) is 4.50. The van der Waals surface area contributed by atoms with Crippen LogP contribution in [0, 0.1) is 0 Å². The van der Waals surface area contributed by atoms with Crippen LogP contribution in [0.1, 0.15) is 24.8 Å². The molecule has 0 N–H and O–H groups in total. The summed E-state index contributed by atoms with van der Waals surface area (Å²) in [5.41, 5.74) is 2.30. The van der Waals surface area contributed by atoms with Crippen LogP contribution in [0.15, 0.2) is 53.9 Å². The molecule has 0 amide bonds. The number of ether oxygens (including phenoxy) is 1. The van der Waals surface area contributed by atoms with Gasteiger partial charge in [-0.3, -0.25) is 4.90 Å². The van der Waals surface area contributed by atoms with Crippen LogP contribution >= 0.6 is 0 Å². The molecule has 1 saturated heterocycles. The summed E-state index contributed by atoms with van der Waals surface area (Å²) >= 11 is 0. The Balaban J connectivity index is 1.68. The molecular weight excluding hydrogens is 303 g/mol. The molecule has 0 saturated carbocycles. The number of nitrogens with zero attached hydrogens (tertiary/aromatic N) is 1. The van der Waals surface area contributed by atoms with Crippen LogP contribution in [-0.2, 0) is 11.3 Å². The van der Waals surface area contributed by atoms with Gasteiger partial charge >= 0.3 is 6.08 Å². The van der Waals surface area contributed by atoms with Crippen LogP contribution in [0.2, 0.25) is 0 Å². The smallest absolute Gasteiger partial charge is 0.301 e. The Bertz CT molecular complexity index is 596. The number of fused-ring (bicyclic) bond motifs is 2. The molecule has 1 aromatic rings. The van der Waals surface area contributed by atoms with Crippen molar-refractivity contribution >= 4 is 0 Å². The van der Waals surface area contributed by atoms with Crippen molar-refractivity contribution in [2.45, 2.75) is 37.9 Å². The third-order valence-corrected chi connectivity index (χ3v) is 4.50. The number of hydrogen-bond acceptors (Lipinski definition) is 2. The fourth-order valence-corrected chi connectivity index (χ4v) is 3.34. The van der Waals surface area contributed by atoms with E-state index in [0.29, 0.717) is 19.6 Å². The van der Waals surface area contributed by atoms with Crippen LogP contribution in [0.4, 0.5) is 13.2 Å². The molecule has 2 nitrogen and oxygen atoms in total. The highest BCUT2D eigenvalue weighted by molar-refractivity contribution is 5.20. The molecule has 0 radical (unpaired) electrons. The first-order chi connectivity index (χ1) is 11.1. The molecule has 2 atom stereocenters. The first-order valence-corrected chi connectivity index (χ1v) is 7.90. The van der Waals surface area contributed by atoms with E-state index in [1.54, 1.807) is 0 Å². The summed E-state index contributed by atoms with van der Waals surface area (Å²) in [6, 6.07) is 10.6. The van der Waals surface area contributed by atoms with Crippen molar-refractivity contribution in [2.75, 3.05) is 13.2 Å². The molecule has 2 bridgehead atoms. The fraction of sp³-hybridized carbons (Fsp3) is 0.444. The largest absolute Gasteiger partial charge is 0.378 e. The molecule has 2 unspecified atom stereocenters. The first kappa shape index (κ1) is 16.3. The quantitative estimate of drug-likeness (QED) is 0.743. The van der Waals surface area contributed by atoms with Crippen molar-refractivity contribution in [1.82, 2.24) is 4.90 Å². The fourth-order valence-electron chi connectivity index (χ4n) is 3.34. The maximum Gasteiger partial charge on any atom is 0.301 e. The summed E-state index contributed by atoms with van der Waals surface area (Å²) in [5, 5.41) is 0. The van der Waals surface area contributed by atoms with Crippen molar-refractivity contribution in [1.29, 1.82) is 0 Å². The molecule has 3 rings (SSSR count). The zero-order valence-corrected chi connectivity index (χ0v) is 12.9. The predicted molar refractivity (Wildman–Crippen MR) is 82.7 cm³/mol. The van der Waals surface area contributed by atoms with E-state index in [2.05, 4.69) is 23.1 Å². The van der Waals surface area contributed by atoms with Gasteiger partial charge in [-0.1, -0.05) is 42.0 Å². The van der Waals surface area contributed by atoms with E-state index in [1.807, 2.05) is 18.2 Å². The Kier molecular flexibility index (Phi) is 5.18. The Morgan fingerprint density at radius 1 is 1.13 bits per heavy atom. The van der Waals surface area contributed by atoms with Crippen LogP contribution in [0.25, 0.3) is 0 Å². The van der Waals surface area contributed by atoms with Crippen molar-refractivity contribution < 1.29 is 17.9 Å². The number of hydrogen-bond donors (Lipinski definition) is 0. The van der Waals surface area contributed by atoms with Gasteiger partial charge in [0.25, 0.3) is 0 Å². The third kappa shape index (κ3) is 4.03. The van der Waals surface area contributed by atoms with E-state index >= 15 is 0 Å². The summed E-state index contributed by atoms with van der Waals surface area (Å²) in [6.45, 7) is 2.08. The van der Waals surface area contributed by atoms with E-state index in [0.717, 1.165) is 18.5 Å². The molecule has 23 heavy (non-hydrogen) atoms. The van der Waals surface area contributed by atoms with Gasteiger partial charge in [0.1, 0.15) is 0 Å². The minimum Gasteiger partial charge on any atom is -0.378 e. The van der Waals surface area contributed by atoms with E-state index in [9.17, 15) is 13.2 Å². The Labute approximate surface area is 134 Å². The molecule has 2 aliphatic heterocycles. The number of benzene rings is 1. The lowest BCUT2D eigenvalue weighted by Crippen LogP contribution is -2.53. The molecular formula is C18H20F3NO. The van der Waals surface area contributed by atoms with Gasteiger partial charge in [0.05, 0.1) is 19.3 Å². The lowest BCUT2D eigenvalue weighted by molar-refractivity contribution is -0.0442. The Morgan fingerprint density at radius 2 is 1.91 bits per heavy atom.